The highest BCUT2D eigenvalue weighted by Gasteiger charge is 2.16. The summed E-state index contributed by atoms with van der Waals surface area (Å²) >= 11 is 0. The van der Waals surface area contributed by atoms with Crippen LogP contribution in [0.2, 0.25) is 0 Å². The molecule has 3 aromatic rings. The third-order valence-corrected chi connectivity index (χ3v) is 4.67. The predicted octanol–water partition coefficient (Wildman–Crippen LogP) is 2.76. The van der Waals surface area contributed by atoms with Crippen LogP contribution in [0, 0.1) is 0 Å². The molecular formula is C22H26N4O2. The fourth-order valence-electron chi connectivity index (χ4n) is 3.21. The SMILES string of the molecule is CC(=O)NCCCc1nc2ccccc2n1CC(=O)N(C)Cc1ccccc1. The quantitative estimate of drug-likeness (QED) is 0.613. The van der Waals surface area contributed by atoms with Gasteiger partial charge in [-0.3, -0.25) is 9.59 Å². The molecule has 0 saturated carbocycles. The van der Waals surface area contributed by atoms with Crippen LogP contribution in [0.1, 0.15) is 24.7 Å². The van der Waals surface area contributed by atoms with E-state index >= 15 is 0 Å². The summed E-state index contributed by atoms with van der Waals surface area (Å²) in [4.78, 5) is 30.3. The van der Waals surface area contributed by atoms with E-state index in [2.05, 4.69) is 5.32 Å². The van der Waals surface area contributed by atoms with Gasteiger partial charge in [0.25, 0.3) is 0 Å². The zero-order valence-corrected chi connectivity index (χ0v) is 16.4. The summed E-state index contributed by atoms with van der Waals surface area (Å²) in [5.41, 5.74) is 2.94. The summed E-state index contributed by atoms with van der Waals surface area (Å²) in [6, 6.07) is 17.8. The largest absolute Gasteiger partial charge is 0.356 e. The molecule has 6 nitrogen and oxygen atoms in total. The van der Waals surface area contributed by atoms with Crippen LogP contribution in [-0.4, -0.2) is 39.9 Å². The molecular weight excluding hydrogens is 352 g/mol. The third kappa shape index (κ3) is 4.97. The molecule has 1 heterocycles. The van der Waals surface area contributed by atoms with Gasteiger partial charge in [-0.05, 0) is 24.1 Å². The topological polar surface area (TPSA) is 67.2 Å². The number of fused-ring (bicyclic) bond motifs is 1. The van der Waals surface area contributed by atoms with Crippen molar-refractivity contribution >= 4 is 22.8 Å². The van der Waals surface area contributed by atoms with E-state index in [0.29, 0.717) is 19.5 Å². The van der Waals surface area contributed by atoms with Crippen molar-refractivity contribution in [1.29, 1.82) is 0 Å². The van der Waals surface area contributed by atoms with E-state index in [4.69, 9.17) is 4.98 Å². The van der Waals surface area contributed by atoms with Crippen molar-refractivity contribution in [3.05, 3.63) is 66.0 Å². The molecule has 0 aliphatic carbocycles. The zero-order chi connectivity index (χ0) is 19.9. The Labute approximate surface area is 165 Å². The number of aromatic nitrogens is 2. The zero-order valence-electron chi connectivity index (χ0n) is 16.4. The Morgan fingerprint density at radius 3 is 2.54 bits per heavy atom. The lowest BCUT2D eigenvalue weighted by Gasteiger charge is -2.19. The Bertz CT molecular complexity index is 950. The van der Waals surface area contributed by atoms with Gasteiger partial charge in [-0.15, -0.1) is 0 Å². The van der Waals surface area contributed by atoms with Gasteiger partial charge in [0.05, 0.1) is 11.0 Å². The second-order valence-electron chi connectivity index (χ2n) is 6.92. The molecule has 1 aromatic heterocycles. The number of hydrogen-bond acceptors (Lipinski definition) is 3. The van der Waals surface area contributed by atoms with Crippen LogP contribution in [0.15, 0.2) is 54.6 Å². The highest BCUT2D eigenvalue weighted by Crippen LogP contribution is 2.18. The number of carbonyl (C=O) groups is 2. The van der Waals surface area contributed by atoms with E-state index in [-0.39, 0.29) is 18.4 Å². The molecule has 146 valence electrons. The van der Waals surface area contributed by atoms with Crippen molar-refractivity contribution in [3.63, 3.8) is 0 Å². The molecule has 0 unspecified atom stereocenters. The van der Waals surface area contributed by atoms with Crippen LogP contribution in [0.3, 0.4) is 0 Å². The van der Waals surface area contributed by atoms with Crippen molar-refractivity contribution in [2.24, 2.45) is 0 Å². The number of hydrogen-bond donors (Lipinski definition) is 1. The first-order valence-electron chi connectivity index (χ1n) is 9.51. The molecule has 0 radical (unpaired) electrons. The maximum absolute atomic E-state index is 12.9. The molecule has 0 spiro atoms. The Balaban J connectivity index is 1.73. The Morgan fingerprint density at radius 2 is 1.79 bits per heavy atom. The van der Waals surface area contributed by atoms with E-state index in [1.807, 2.05) is 66.2 Å². The van der Waals surface area contributed by atoms with E-state index in [0.717, 1.165) is 28.8 Å². The number of para-hydroxylation sites is 2. The van der Waals surface area contributed by atoms with Gasteiger partial charge in [-0.1, -0.05) is 42.5 Å². The first-order chi connectivity index (χ1) is 13.5. The van der Waals surface area contributed by atoms with Crippen molar-refractivity contribution in [2.75, 3.05) is 13.6 Å². The van der Waals surface area contributed by atoms with Crippen LogP contribution in [0.4, 0.5) is 0 Å². The highest BCUT2D eigenvalue weighted by molar-refractivity contribution is 5.81. The first kappa shape index (κ1) is 19.6. The standard InChI is InChI=1S/C22H26N4O2/c1-17(27)23-14-8-13-21-24-19-11-6-7-12-20(19)26(21)16-22(28)25(2)15-18-9-4-3-5-10-18/h3-7,9-12H,8,13-16H2,1-2H3,(H,23,27). The molecule has 6 heteroatoms. The lowest BCUT2D eigenvalue weighted by molar-refractivity contribution is -0.131. The fraction of sp³-hybridized carbons (Fsp3) is 0.318. The van der Waals surface area contributed by atoms with Crippen LogP contribution in [0.25, 0.3) is 11.0 Å². The van der Waals surface area contributed by atoms with Crippen molar-refractivity contribution in [1.82, 2.24) is 19.8 Å². The molecule has 2 amide bonds. The molecule has 0 aliphatic heterocycles. The molecule has 1 N–H and O–H groups in total. The molecule has 0 aliphatic rings. The lowest BCUT2D eigenvalue weighted by atomic mass is 10.2. The van der Waals surface area contributed by atoms with Crippen LogP contribution in [-0.2, 0) is 29.1 Å². The molecule has 28 heavy (non-hydrogen) atoms. The monoisotopic (exact) mass is 378 g/mol. The normalized spacial score (nSPS) is 10.8. The minimum Gasteiger partial charge on any atom is -0.356 e. The summed E-state index contributed by atoms with van der Waals surface area (Å²) in [7, 11) is 1.82. The van der Waals surface area contributed by atoms with Gasteiger partial charge in [0, 0.05) is 33.5 Å². The summed E-state index contributed by atoms with van der Waals surface area (Å²) in [5, 5.41) is 2.80. The van der Waals surface area contributed by atoms with Gasteiger partial charge in [-0.25, -0.2) is 4.98 Å². The number of aryl methyl sites for hydroxylation is 1. The Morgan fingerprint density at radius 1 is 1.07 bits per heavy atom. The van der Waals surface area contributed by atoms with E-state index in [1.165, 1.54) is 6.92 Å². The predicted molar refractivity (Wildman–Crippen MR) is 110 cm³/mol. The minimum absolute atomic E-state index is 0.0359. The number of rotatable bonds is 8. The van der Waals surface area contributed by atoms with E-state index in [1.54, 1.807) is 4.90 Å². The number of likely N-dealkylation sites (N-methyl/N-ethyl adjacent to an activating group) is 1. The molecule has 3 rings (SSSR count). The van der Waals surface area contributed by atoms with Crippen LogP contribution >= 0.6 is 0 Å². The van der Waals surface area contributed by atoms with Crippen molar-refractivity contribution in [3.8, 4) is 0 Å². The number of benzene rings is 2. The number of amides is 2. The number of carbonyl (C=O) groups excluding carboxylic acids is 2. The Kier molecular flexibility index (Phi) is 6.42. The van der Waals surface area contributed by atoms with Crippen molar-refractivity contribution in [2.45, 2.75) is 32.9 Å². The van der Waals surface area contributed by atoms with Crippen LogP contribution < -0.4 is 5.32 Å². The van der Waals surface area contributed by atoms with Gasteiger partial charge in [0.15, 0.2) is 0 Å². The van der Waals surface area contributed by atoms with E-state index < -0.39 is 0 Å². The smallest absolute Gasteiger partial charge is 0.242 e. The molecule has 2 aromatic carbocycles. The van der Waals surface area contributed by atoms with Gasteiger partial charge in [0.1, 0.15) is 12.4 Å². The third-order valence-electron chi connectivity index (χ3n) is 4.67. The second kappa shape index (κ2) is 9.17. The molecule has 0 saturated heterocycles. The van der Waals surface area contributed by atoms with Gasteiger partial charge in [-0.2, -0.15) is 0 Å². The Hall–Kier alpha value is -3.15. The summed E-state index contributed by atoms with van der Waals surface area (Å²) in [5.74, 6) is 0.870. The molecule has 0 fully saturated rings. The van der Waals surface area contributed by atoms with Gasteiger partial charge >= 0.3 is 0 Å². The average molecular weight is 378 g/mol. The number of nitrogens with zero attached hydrogens (tertiary/aromatic N) is 3. The van der Waals surface area contributed by atoms with Crippen LogP contribution in [0.5, 0.6) is 0 Å². The summed E-state index contributed by atoms with van der Waals surface area (Å²) in [6.45, 7) is 2.93. The lowest BCUT2D eigenvalue weighted by Crippen LogP contribution is -2.30. The maximum Gasteiger partial charge on any atom is 0.242 e. The maximum atomic E-state index is 12.9. The second-order valence-corrected chi connectivity index (χ2v) is 6.92. The molecule has 0 atom stereocenters. The fourth-order valence-corrected chi connectivity index (χ4v) is 3.21. The van der Waals surface area contributed by atoms with Crippen molar-refractivity contribution < 1.29 is 9.59 Å². The summed E-state index contributed by atoms with van der Waals surface area (Å²) in [6.07, 6.45) is 1.47. The van der Waals surface area contributed by atoms with Gasteiger partial charge < -0.3 is 14.8 Å². The number of imidazole rings is 1. The highest BCUT2D eigenvalue weighted by atomic mass is 16.2. The summed E-state index contributed by atoms with van der Waals surface area (Å²) < 4.78 is 1.99. The average Bonchev–Trinajstić information content (AvgIpc) is 3.03. The number of nitrogens with one attached hydrogen (secondary N) is 1. The molecule has 0 bridgehead atoms. The first-order valence-corrected chi connectivity index (χ1v) is 9.51. The minimum atomic E-state index is -0.0359. The van der Waals surface area contributed by atoms with Gasteiger partial charge in [0.2, 0.25) is 11.8 Å². The van der Waals surface area contributed by atoms with E-state index in [9.17, 15) is 9.59 Å².